The molecule has 6 nitrogen and oxygen atoms in total. The molecular formula is C19H19FN4O2. The highest BCUT2D eigenvalue weighted by Crippen LogP contribution is 2.33. The minimum Gasteiger partial charge on any atom is -0.385 e. The summed E-state index contributed by atoms with van der Waals surface area (Å²) >= 11 is 0. The fraction of sp³-hybridized carbons (Fsp3) is 0.316. The number of likely N-dealkylation sites (tertiary alicyclic amines) is 1. The number of carbonyl (C=O) groups excluding carboxylic acids is 1. The molecule has 26 heavy (non-hydrogen) atoms. The van der Waals surface area contributed by atoms with Crippen molar-refractivity contribution in [3.63, 3.8) is 0 Å². The number of hydrogen-bond donors (Lipinski definition) is 1. The van der Waals surface area contributed by atoms with Crippen LogP contribution in [0.5, 0.6) is 0 Å². The number of amides is 1. The third kappa shape index (κ3) is 2.74. The van der Waals surface area contributed by atoms with Crippen molar-refractivity contribution in [3.8, 4) is 0 Å². The quantitative estimate of drug-likeness (QED) is 0.767. The van der Waals surface area contributed by atoms with E-state index in [1.54, 1.807) is 40.0 Å². The van der Waals surface area contributed by atoms with Crippen LogP contribution < -0.4 is 0 Å². The summed E-state index contributed by atoms with van der Waals surface area (Å²) in [6, 6.07) is 7.68. The maximum Gasteiger partial charge on any atom is 0.257 e. The first-order chi connectivity index (χ1) is 12.5. The van der Waals surface area contributed by atoms with E-state index in [0.717, 1.165) is 5.69 Å². The Bertz CT molecular complexity index is 959. The number of hydrogen-bond acceptors (Lipinski definition) is 4. The third-order valence-electron chi connectivity index (χ3n) is 5.15. The summed E-state index contributed by atoms with van der Waals surface area (Å²) in [5.74, 6) is -0.449. The molecule has 4 rings (SSSR count). The Hall–Kier alpha value is -2.80. The van der Waals surface area contributed by atoms with Gasteiger partial charge in [0, 0.05) is 25.4 Å². The lowest BCUT2D eigenvalue weighted by Gasteiger charge is -2.38. The summed E-state index contributed by atoms with van der Waals surface area (Å²) in [6.07, 6.45) is 4.03. The minimum atomic E-state index is -1.04. The highest BCUT2D eigenvalue weighted by Gasteiger charge is 2.36. The van der Waals surface area contributed by atoms with E-state index in [0.29, 0.717) is 42.7 Å². The molecule has 0 aliphatic carbocycles. The van der Waals surface area contributed by atoms with Gasteiger partial charge in [-0.05, 0) is 37.5 Å². The lowest BCUT2D eigenvalue weighted by Crippen LogP contribution is -2.45. The van der Waals surface area contributed by atoms with E-state index in [9.17, 15) is 14.3 Å². The number of aliphatic hydroxyl groups is 1. The van der Waals surface area contributed by atoms with E-state index in [2.05, 4.69) is 10.1 Å². The molecule has 0 unspecified atom stereocenters. The molecule has 0 radical (unpaired) electrons. The van der Waals surface area contributed by atoms with Gasteiger partial charge < -0.3 is 10.0 Å². The highest BCUT2D eigenvalue weighted by atomic mass is 19.1. The topological polar surface area (TPSA) is 70.7 Å². The first kappa shape index (κ1) is 16.7. The minimum absolute atomic E-state index is 0.117. The van der Waals surface area contributed by atoms with E-state index in [1.165, 1.54) is 12.1 Å². The maximum atomic E-state index is 13.1. The van der Waals surface area contributed by atoms with Gasteiger partial charge in [0.15, 0.2) is 5.65 Å². The number of carbonyl (C=O) groups is 1. The normalized spacial score (nSPS) is 16.8. The molecule has 2 aromatic heterocycles. The van der Waals surface area contributed by atoms with Crippen LogP contribution in [0.1, 0.15) is 34.5 Å². The van der Waals surface area contributed by atoms with E-state index in [4.69, 9.17) is 0 Å². The van der Waals surface area contributed by atoms with Gasteiger partial charge in [-0.1, -0.05) is 12.1 Å². The molecule has 3 heterocycles. The zero-order chi connectivity index (χ0) is 18.3. The molecule has 0 bridgehead atoms. The van der Waals surface area contributed by atoms with Crippen molar-refractivity contribution in [3.05, 3.63) is 65.4 Å². The molecule has 1 aliphatic rings. The second kappa shape index (κ2) is 6.17. The van der Waals surface area contributed by atoms with Crippen LogP contribution in [0, 0.1) is 12.7 Å². The molecule has 1 aromatic carbocycles. The second-order valence-corrected chi connectivity index (χ2v) is 6.69. The van der Waals surface area contributed by atoms with E-state index < -0.39 is 5.60 Å². The van der Waals surface area contributed by atoms with Gasteiger partial charge >= 0.3 is 0 Å². The van der Waals surface area contributed by atoms with Gasteiger partial charge in [-0.2, -0.15) is 5.10 Å². The number of nitrogens with zero attached hydrogens (tertiary/aromatic N) is 4. The molecular weight excluding hydrogens is 335 g/mol. The molecule has 0 saturated carbocycles. The lowest BCUT2D eigenvalue weighted by atomic mass is 9.84. The first-order valence-electron chi connectivity index (χ1n) is 8.55. The Kier molecular flexibility index (Phi) is 3.96. The SMILES string of the molecule is Cc1c(C(=O)N2CCC(O)(c3ccc(F)cc3)CC2)cnc2ccnn12. The lowest BCUT2D eigenvalue weighted by molar-refractivity contribution is -0.0212. The van der Waals surface area contributed by atoms with Gasteiger partial charge in [-0.25, -0.2) is 13.9 Å². The zero-order valence-electron chi connectivity index (χ0n) is 14.4. The van der Waals surface area contributed by atoms with Crippen molar-refractivity contribution in [1.29, 1.82) is 0 Å². The largest absolute Gasteiger partial charge is 0.385 e. The summed E-state index contributed by atoms with van der Waals surface area (Å²) in [5.41, 5.74) is 1.59. The smallest absolute Gasteiger partial charge is 0.257 e. The van der Waals surface area contributed by atoms with E-state index in [1.807, 2.05) is 6.92 Å². The first-order valence-corrected chi connectivity index (χ1v) is 8.55. The van der Waals surface area contributed by atoms with Crippen molar-refractivity contribution in [2.24, 2.45) is 0 Å². The van der Waals surface area contributed by atoms with E-state index in [-0.39, 0.29) is 11.7 Å². The average Bonchev–Trinajstić information content (AvgIpc) is 3.12. The molecule has 0 spiro atoms. The number of aryl methyl sites for hydroxylation is 1. The maximum absolute atomic E-state index is 13.1. The molecule has 7 heteroatoms. The predicted octanol–water partition coefficient (Wildman–Crippen LogP) is 2.30. The number of fused-ring (bicyclic) bond motifs is 1. The predicted molar refractivity (Wildman–Crippen MR) is 93.2 cm³/mol. The molecule has 134 valence electrons. The van der Waals surface area contributed by atoms with Gasteiger partial charge in [0.2, 0.25) is 0 Å². The van der Waals surface area contributed by atoms with Crippen LogP contribution in [0.15, 0.2) is 42.7 Å². The van der Waals surface area contributed by atoms with Crippen molar-refractivity contribution < 1.29 is 14.3 Å². The fourth-order valence-electron chi connectivity index (χ4n) is 3.50. The summed E-state index contributed by atoms with van der Waals surface area (Å²) in [5, 5.41) is 15.1. The Morgan fingerprint density at radius 2 is 1.88 bits per heavy atom. The van der Waals surface area contributed by atoms with Crippen LogP contribution >= 0.6 is 0 Å². The monoisotopic (exact) mass is 354 g/mol. The van der Waals surface area contributed by atoms with Crippen molar-refractivity contribution in [1.82, 2.24) is 19.5 Å². The van der Waals surface area contributed by atoms with Crippen LogP contribution in [-0.4, -0.2) is 43.6 Å². The van der Waals surface area contributed by atoms with Crippen LogP contribution in [0.2, 0.25) is 0 Å². The third-order valence-corrected chi connectivity index (χ3v) is 5.15. The summed E-state index contributed by atoms with van der Waals surface area (Å²) in [7, 11) is 0. The van der Waals surface area contributed by atoms with Gasteiger partial charge in [-0.3, -0.25) is 4.79 Å². The summed E-state index contributed by atoms with van der Waals surface area (Å²) in [4.78, 5) is 18.9. The Morgan fingerprint density at radius 3 is 2.58 bits per heavy atom. The van der Waals surface area contributed by atoms with Crippen LogP contribution in [0.4, 0.5) is 4.39 Å². The van der Waals surface area contributed by atoms with Crippen molar-refractivity contribution >= 4 is 11.6 Å². The second-order valence-electron chi connectivity index (χ2n) is 6.69. The molecule has 0 atom stereocenters. The number of piperidine rings is 1. The Balaban J connectivity index is 1.52. The molecule has 1 saturated heterocycles. The summed E-state index contributed by atoms with van der Waals surface area (Å²) in [6.45, 7) is 2.68. The van der Waals surface area contributed by atoms with E-state index >= 15 is 0 Å². The highest BCUT2D eigenvalue weighted by molar-refractivity contribution is 5.95. The average molecular weight is 354 g/mol. The van der Waals surface area contributed by atoms with Crippen molar-refractivity contribution in [2.45, 2.75) is 25.4 Å². The number of halogens is 1. The van der Waals surface area contributed by atoms with Gasteiger partial charge in [0.1, 0.15) is 5.82 Å². The Morgan fingerprint density at radius 1 is 1.19 bits per heavy atom. The number of rotatable bonds is 2. The van der Waals surface area contributed by atoms with Crippen LogP contribution in [0.25, 0.3) is 5.65 Å². The van der Waals surface area contributed by atoms with Gasteiger partial charge in [0.25, 0.3) is 5.91 Å². The summed E-state index contributed by atoms with van der Waals surface area (Å²) < 4.78 is 14.8. The Labute approximate surface area is 149 Å². The van der Waals surface area contributed by atoms with Gasteiger partial charge in [-0.15, -0.1) is 0 Å². The molecule has 3 aromatic rings. The molecule has 1 amide bonds. The number of aromatic nitrogens is 3. The van der Waals surface area contributed by atoms with Crippen LogP contribution in [-0.2, 0) is 5.60 Å². The van der Waals surface area contributed by atoms with Crippen molar-refractivity contribution in [2.75, 3.05) is 13.1 Å². The van der Waals surface area contributed by atoms with Gasteiger partial charge in [0.05, 0.1) is 23.1 Å². The standard InChI is InChI=1S/C19H19FN4O2/c1-13-16(12-21-17-6-9-22-24(13)17)18(25)23-10-7-19(26,8-11-23)14-2-4-15(20)5-3-14/h2-6,9,12,26H,7-8,10-11H2,1H3. The molecule has 1 N–H and O–H groups in total. The molecule has 1 fully saturated rings. The van der Waals surface area contributed by atoms with Crippen LogP contribution in [0.3, 0.4) is 0 Å². The zero-order valence-corrected chi connectivity index (χ0v) is 14.4. The molecule has 1 aliphatic heterocycles. The fourth-order valence-corrected chi connectivity index (χ4v) is 3.50. The number of benzene rings is 1.